The zero-order valence-corrected chi connectivity index (χ0v) is 4.87. The Balaban J connectivity index is 2.56. The van der Waals surface area contributed by atoms with Gasteiger partial charge in [0.05, 0.1) is 0 Å². The van der Waals surface area contributed by atoms with Crippen LogP contribution in [0.4, 0.5) is 0 Å². The molecule has 0 saturated carbocycles. The molecule has 0 aromatic rings. The monoisotopic (exact) mass is 143 g/mol. The van der Waals surface area contributed by atoms with Crippen LogP contribution in [0.2, 0.25) is 0 Å². The van der Waals surface area contributed by atoms with Gasteiger partial charge in [0.15, 0.2) is 0 Å². The molecule has 54 valence electrons. The van der Waals surface area contributed by atoms with Crippen LogP contribution in [0.15, 0.2) is 11.8 Å². The van der Waals surface area contributed by atoms with Gasteiger partial charge in [0.25, 0.3) is 0 Å². The average Bonchev–Trinajstić information content (AvgIpc) is 1.56. The van der Waals surface area contributed by atoms with Gasteiger partial charge in [0, 0.05) is 0 Å². The summed E-state index contributed by atoms with van der Waals surface area (Å²) in [6, 6.07) is -0.828. The molecule has 3 N–H and O–H groups in total. The Morgan fingerprint density at radius 2 is 2.00 bits per heavy atom. The third-order valence-electron chi connectivity index (χ3n) is 1.14. The maximum atomic E-state index is 10.0. The first-order chi connectivity index (χ1) is 4.61. The van der Waals surface area contributed by atoms with Crippen molar-refractivity contribution in [2.75, 3.05) is 0 Å². The number of carboxylic acid groups (broad SMARTS) is 2. The molecule has 1 aliphatic rings. The predicted octanol–water partition coefficient (Wildman–Crippen LogP) is -0.989. The fourth-order valence-corrected chi connectivity index (χ4v) is 0.594. The van der Waals surface area contributed by atoms with Crippen molar-refractivity contribution >= 4 is 11.9 Å². The molecule has 1 unspecified atom stereocenters. The molecule has 5 heteroatoms. The van der Waals surface area contributed by atoms with Gasteiger partial charge in [-0.1, -0.05) is 0 Å². The largest absolute Gasteiger partial charge is 0.479 e. The molecule has 1 rings (SSSR count). The van der Waals surface area contributed by atoms with Crippen molar-refractivity contribution in [1.82, 2.24) is 5.32 Å². The maximum Gasteiger partial charge on any atom is 0.351 e. The van der Waals surface area contributed by atoms with Crippen LogP contribution in [0.1, 0.15) is 0 Å². The molecule has 5 nitrogen and oxygen atoms in total. The predicted molar refractivity (Wildman–Crippen MR) is 30.3 cm³/mol. The van der Waals surface area contributed by atoms with Gasteiger partial charge in [-0.25, -0.2) is 9.59 Å². The number of nitrogens with one attached hydrogen (secondary N) is 1. The van der Waals surface area contributed by atoms with Crippen LogP contribution in [-0.4, -0.2) is 28.2 Å². The minimum absolute atomic E-state index is 0.0487. The number of carboxylic acids is 2. The highest BCUT2D eigenvalue weighted by Gasteiger charge is 2.27. The summed E-state index contributed by atoms with van der Waals surface area (Å²) < 4.78 is 0. The number of aliphatic carboxylic acids is 2. The highest BCUT2D eigenvalue weighted by Crippen LogP contribution is 2.06. The Labute approximate surface area is 56.0 Å². The molecule has 0 bridgehead atoms. The Hall–Kier alpha value is -1.52. The van der Waals surface area contributed by atoms with Crippen LogP contribution in [0.3, 0.4) is 0 Å². The van der Waals surface area contributed by atoms with E-state index in [9.17, 15) is 9.59 Å². The Morgan fingerprint density at radius 1 is 1.50 bits per heavy atom. The molecule has 0 spiro atoms. The first-order valence-electron chi connectivity index (χ1n) is 2.55. The van der Waals surface area contributed by atoms with E-state index in [1.165, 1.54) is 0 Å². The number of hydrogen-bond donors (Lipinski definition) is 3. The van der Waals surface area contributed by atoms with Gasteiger partial charge in [-0.3, -0.25) is 0 Å². The van der Waals surface area contributed by atoms with Gasteiger partial charge in [-0.15, -0.1) is 0 Å². The Kier molecular flexibility index (Phi) is 1.33. The quantitative estimate of drug-likeness (QED) is 0.462. The minimum atomic E-state index is -1.13. The molecule has 0 amide bonds. The molecule has 1 aliphatic heterocycles. The zero-order valence-electron chi connectivity index (χ0n) is 4.87. The molecular formula is C5H5NO4. The van der Waals surface area contributed by atoms with Crippen molar-refractivity contribution in [2.24, 2.45) is 0 Å². The maximum absolute atomic E-state index is 10.0. The molecule has 0 aromatic heterocycles. The van der Waals surface area contributed by atoms with Crippen molar-refractivity contribution < 1.29 is 19.8 Å². The Morgan fingerprint density at radius 3 is 2.30 bits per heavy atom. The molecule has 0 aromatic carbocycles. The lowest BCUT2D eigenvalue weighted by molar-refractivity contribution is -0.139. The first kappa shape index (κ1) is 6.60. The number of rotatable bonds is 2. The summed E-state index contributed by atoms with van der Waals surface area (Å²) in [5.41, 5.74) is -0.0487. The first-order valence-corrected chi connectivity index (χ1v) is 2.55. The van der Waals surface area contributed by atoms with Gasteiger partial charge in [-0.2, -0.15) is 0 Å². The van der Waals surface area contributed by atoms with Crippen molar-refractivity contribution in [1.29, 1.82) is 0 Å². The zero-order chi connectivity index (χ0) is 7.72. The topological polar surface area (TPSA) is 86.6 Å². The normalized spacial score (nSPS) is 22.0. The molecular weight excluding hydrogens is 138 g/mol. The third kappa shape index (κ3) is 0.928. The van der Waals surface area contributed by atoms with Gasteiger partial charge in [0.2, 0.25) is 0 Å². The van der Waals surface area contributed by atoms with Gasteiger partial charge < -0.3 is 15.5 Å². The highest BCUT2D eigenvalue weighted by atomic mass is 16.4. The Bertz CT molecular complexity index is 220. The number of carbonyl (C=O) groups is 2. The van der Waals surface area contributed by atoms with Crippen LogP contribution in [0.5, 0.6) is 0 Å². The fraction of sp³-hybridized carbons (Fsp3) is 0.200. The molecule has 1 atom stereocenters. The molecule has 1 heterocycles. The van der Waals surface area contributed by atoms with E-state index in [0.717, 1.165) is 6.08 Å². The summed E-state index contributed by atoms with van der Waals surface area (Å²) in [5, 5.41) is 18.7. The van der Waals surface area contributed by atoms with E-state index in [1.807, 2.05) is 0 Å². The van der Waals surface area contributed by atoms with Crippen molar-refractivity contribution in [3.8, 4) is 0 Å². The lowest BCUT2D eigenvalue weighted by atomic mass is 10.1. The van der Waals surface area contributed by atoms with Crippen LogP contribution < -0.4 is 5.32 Å². The van der Waals surface area contributed by atoms with Crippen LogP contribution >= 0.6 is 0 Å². The van der Waals surface area contributed by atoms with Crippen molar-refractivity contribution in [3.63, 3.8) is 0 Å². The summed E-state index contributed by atoms with van der Waals surface area (Å²) in [4.78, 5) is 20.1. The summed E-state index contributed by atoms with van der Waals surface area (Å²) >= 11 is 0. The van der Waals surface area contributed by atoms with E-state index >= 15 is 0 Å². The summed E-state index contributed by atoms with van der Waals surface area (Å²) in [6.45, 7) is 0. The average molecular weight is 143 g/mol. The second-order valence-corrected chi connectivity index (χ2v) is 1.85. The lowest BCUT2D eigenvalue weighted by Crippen LogP contribution is -2.45. The van der Waals surface area contributed by atoms with E-state index < -0.39 is 18.0 Å². The fourth-order valence-electron chi connectivity index (χ4n) is 0.594. The summed E-state index contributed by atoms with van der Waals surface area (Å²) in [6.07, 6.45) is 1.14. The second-order valence-electron chi connectivity index (χ2n) is 1.85. The molecule has 10 heavy (non-hydrogen) atoms. The van der Waals surface area contributed by atoms with E-state index in [2.05, 4.69) is 5.32 Å². The minimum Gasteiger partial charge on any atom is -0.479 e. The van der Waals surface area contributed by atoms with E-state index in [0.29, 0.717) is 0 Å². The molecule has 0 fully saturated rings. The van der Waals surface area contributed by atoms with Crippen LogP contribution in [-0.2, 0) is 9.59 Å². The smallest absolute Gasteiger partial charge is 0.351 e. The molecule has 0 aliphatic carbocycles. The van der Waals surface area contributed by atoms with Crippen molar-refractivity contribution in [3.05, 3.63) is 11.8 Å². The standard InChI is InChI=1S/C5H5NO4/c7-4(8)2-1-3(6-2)5(9)10/h1-2,6H,(H,7,8)(H,9,10). The highest BCUT2D eigenvalue weighted by molar-refractivity contribution is 5.92. The van der Waals surface area contributed by atoms with E-state index in [1.54, 1.807) is 0 Å². The number of hydrogen-bond acceptors (Lipinski definition) is 3. The second kappa shape index (κ2) is 2.02. The molecule has 0 saturated heterocycles. The summed E-state index contributed by atoms with van der Waals surface area (Å²) in [5.74, 6) is -2.19. The van der Waals surface area contributed by atoms with E-state index in [-0.39, 0.29) is 5.70 Å². The lowest BCUT2D eigenvalue weighted by Gasteiger charge is -2.21. The molecule has 0 radical (unpaired) electrons. The van der Waals surface area contributed by atoms with Crippen LogP contribution in [0, 0.1) is 0 Å². The SMILES string of the molecule is O=C(O)C1=CC(C(=O)O)N1. The van der Waals surface area contributed by atoms with Gasteiger partial charge >= 0.3 is 11.9 Å². The van der Waals surface area contributed by atoms with E-state index in [4.69, 9.17) is 10.2 Å². The van der Waals surface area contributed by atoms with Crippen molar-refractivity contribution in [2.45, 2.75) is 6.04 Å². The van der Waals surface area contributed by atoms with Gasteiger partial charge in [0.1, 0.15) is 11.7 Å². The van der Waals surface area contributed by atoms with Gasteiger partial charge in [-0.05, 0) is 6.08 Å². The third-order valence-corrected chi connectivity index (χ3v) is 1.14. The summed E-state index contributed by atoms with van der Waals surface area (Å²) in [7, 11) is 0. The van der Waals surface area contributed by atoms with Crippen LogP contribution in [0.25, 0.3) is 0 Å².